The number of nitrogens with zero attached hydrogens (tertiary/aromatic N) is 2. The highest BCUT2D eigenvalue weighted by Gasteiger charge is 2.22. The standard InChI is InChI=1S/C24H29FN4O3/c1-5-19(16-7-6-8-18(11-16)31-4)24(30)28-22-13-21(25)20(17-14-26-27-15-17)12-23(22)32-10-9-29(2)3/h6-8,11-15,19H,5,9-10H2,1-4H3,(H,26,27)(H,28,30)/t19-/m1/s1. The van der Waals surface area contributed by atoms with Crippen molar-refractivity contribution in [1.29, 1.82) is 0 Å². The van der Waals surface area contributed by atoms with E-state index >= 15 is 0 Å². The zero-order chi connectivity index (χ0) is 23.1. The van der Waals surface area contributed by atoms with E-state index in [1.165, 1.54) is 12.3 Å². The van der Waals surface area contributed by atoms with E-state index < -0.39 is 11.7 Å². The van der Waals surface area contributed by atoms with Gasteiger partial charge in [-0.05, 0) is 44.3 Å². The first-order chi connectivity index (χ1) is 15.4. The predicted molar refractivity (Wildman–Crippen MR) is 123 cm³/mol. The Labute approximate surface area is 187 Å². The lowest BCUT2D eigenvalue weighted by Crippen LogP contribution is -2.22. The molecule has 0 bridgehead atoms. The van der Waals surface area contributed by atoms with Gasteiger partial charge in [0.25, 0.3) is 0 Å². The summed E-state index contributed by atoms with van der Waals surface area (Å²) in [6.07, 6.45) is 3.72. The number of nitrogens with one attached hydrogen (secondary N) is 2. The van der Waals surface area contributed by atoms with E-state index in [-0.39, 0.29) is 5.91 Å². The Kier molecular flexibility index (Phi) is 7.83. The molecular formula is C24H29FN4O3. The number of rotatable bonds is 10. The smallest absolute Gasteiger partial charge is 0.232 e. The molecule has 0 aliphatic rings. The third-order valence-electron chi connectivity index (χ3n) is 5.15. The highest BCUT2D eigenvalue weighted by molar-refractivity contribution is 5.97. The lowest BCUT2D eigenvalue weighted by Gasteiger charge is -2.19. The number of hydrogen-bond acceptors (Lipinski definition) is 5. The molecule has 0 aliphatic carbocycles. The number of benzene rings is 2. The monoisotopic (exact) mass is 440 g/mol. The van der Waals surface area contributed by atoms with E-state index in [4.69, 9.17) is 9.47 Å². The highest BCUT2D eigenvalue weighted by Crippen LogP contribution is 2.34. The molecule has 1 amide bonds. The van der Waals surface area contributed by atoms with Gasteiger partial charge in [-0.15, -0.1) is 0 Å². The number of methoxy groups -OCH3 is 1. The van der Waals surface area contributed by atoms with Crippen molar-refractivity contribution in [3.63, 3.8) is 0 Å². The Morgan fingerprint density at radius 1 is 1.28 bits per heavy atom. The van der Waals surface area contributed by atoms with Crippen molar-refractivity contribution >= 4 is 11.6 Å². The van der Waals surface area contributed by atoms with Gasteiger partial charge < -0.3 is 19.7 Å². The molecule has 8 heteroatoms. The zero-order valence-electron chi connectivity index (χ0n) is 18.8. The molecule has 2 aromatic carbocycles. The summed E-state index contributed by atoms with van der Waals surface area (Å²) in [5.41, 5.74) is 2.06. The van der Waals surface area contributed by atoms with Crippen LogP contribution in [0.2, 0.25) is 0 Å². The van der Waals surface area contributed by atoms with Crippen LogP contribution in [0, 0.1) is 5.82 Å². The molecule has 3 aromatic rings. The molecule has 170 valence electrons. The Hall–Kier alpha value is -3.39. The van der Waals surface area contributed by atoms with Crippen molar-refractivity contribution in [2.75, 3.05) is 39.7 Å². The molecular weight excluding hydrogens is 411 g/mol. The van der Waals surface area contributed by atoms with Gasteiger partial charge in [0.15, 0.2) is 0 Å². The van der Waals surface area contributed by atoms with Crippen LogP contribution < -0.4 is 14.8 Å². The second-order valence-corrected chi connectivity index (χ2v) is 7.69. The van der Waals surface area contributed by atoms with Gasteiger partial charge in [-0.2, -0.15) is 5.10 Å². The maximum absolute atomic E-state index is 14.9. The minimum Gasteiger partial charge on any atom is -0.497 e. The fourth-order valence-corrected chi connectivity index (χ4v) is 3.38. The van der Waals surface area contributed by atoms with Crippen LogP contribution in [0.5, 0.6) is 11.5 Å². The molecule has 0 saturated heterocycles. The molecule has 1 atom stereocenters. The SMILES string of the molecule is CC[C@@H](C(=O)Nc1cc(F)c(-c2cn[nH]c2)cc1OCCN(C)C)c1cccc(OC)c1. The van der Waals surface area contributed by atoms with Crippen molar-refractivity contribution in [2.24, 2.45) is 0 Å². The normalized spacial score (nSPS) is 11.9. The number of ether oxygens (including phenoxy) is 2. The van der Waals surface area contributed by atoms with Crippen molar-refractivity contribution in [3.05, 3.63) is 60.2 Å². The first-order valence-electron chi connectivity index (χ1n) is 10.5. The Bertz CT molecular complexity index is 1040. The Morgan fingerprint density at radius 2 is 2.09 bits per heavy atom. The van der Waals surface area contributed by atoms with E-state index in [0.29, 0.717) is 47.9 Å². The van der Waals surface area contributed by atoms with Crippen LogP contribution >= 0.6 is 0 Å². The number of amides is 1. The number of halogens is 1. The fraction of sp³-hybridized carbons (Fsp3) is 0.333. The maximum atomic E-state index is 14.9. The summed E-state index contributed by atoms with van der Waals surface area (Å²) >= 11 is 0. The highest BCUT2D eigenvalue weighted by atomic mass is 19.1. The molecule has 32 heavy (non-hydrogen) atoms. The lowest BCUT2D eigenvalue weighted by molar-refractivity contribution is -0.117. The molecule has 0 spiro atoms. The first kappa shape index (κ1) is 23.3. The molecule has 1 aromatic heterocycles. The van der Waals surface area contributed by atoms with E-state index in [2.05, 4.69) is 15.5 Å². The maximum Gasteiger partial charge on any atom is 0.232 e. The van der Waals surface area contributed by atoms with E-state index in [1.807, 2.05) is 50.2 Å². The Morgan fingerprint density at radius 3 is 2.75 bits per heavy atom. The molecule has 7 nitrogen and oxygen atoms in total. The van der Waals surface area contributed by atoms with Gasteiger partial charge in [0.05, 0.1) is 24.9 Å². The second-order valence-electron chi connectivity index (χ2n) is 7.69. The average Bonchev–Trinajstić information content (AvgIpc) is 3.30. The van der Waals surface area contributed by atoms with Crippen LogP contribution in [0.25, 0.3) is 11.1 Å². The second kappa shape index (κ2) is 10.8. The molecule has 1 heterocycles. The number of aromatic amines is 1. The van der Waals surface area contributed by atoms with Gasteiger partial charge in [-0.1, -0.05) is 19.1 Å². The first-order valence-corrected chi connectivity index (χ1v) is 10.5. The predicted octanol–water partition coefficient (Wildman–Crippen LogP) is 4.30. The molecule has 0 saturated carbocycles. The molecule has 0 fully saturated rings. The van der Waals surface area contributed by atoms with Crippen LogP contribution in [0.1, 0.15) is 24.8 Å². The summed E-state index contributed by atoms with van der Waals surface area (Å²) in [6, 6.07) is 10.3. The lowest BCUT2D eigenvalue weighted by atomic mass is 9.95. The molecule has 0 unspecified atom stereocenters. The third-order valence-corrected chi connectivity index (χ3v) is 5.15. The number of hydrogen-bond donors (Lipinski definition) is 2. The van der Waals surface area contributed by atoms with E-state index in [1.54, 1.807) is 19.4 Å². The quantitative estimate of drug-likeness (QED) is 0.492. The van der Waals surface area contributed by atoms with E-state index in [0.717, 1.165) is 5.56 Å². The van der Waals surface area contributed by atoms with Crippen molar-refractivity contribution in [1.82, 2.24) is 15.1 Å². The van der Waals surface area contributed by atoms with Gasteiger partial charge in [0, 0.05) is 29.9 Å². The van der Waals surface area contributed by atoms with Crippen LogP contribution in [0.3, 0.4) is 0 Å². The summed E-state index contributed by atoms with van der Waals surface area (Å²) in [5.74, 6) is -0.0589. The minimum atomic E-state index is -0.476. The molecule has 0 aliphatic heterocycles. The average molecular weight is 441 g/mol. The van der Waals surface area contributed by atoms with E-state index in [9.17, 15) is 9.18 Å². The molecule has 0 radical (unpaired) electrons. The number of anilines is 1. The van der Waals surface area contributed by atoms with Crippen LogP contribution in [0.4, 0.5) is 10.1 Å². The summed E-state index contributed by atoms with van der Waals surface area (Å²) in [4.78, 5) is 15.1. The Balaban J connectivity index is 1.90. The summed E-state index contributed by atoms with van der Waals surface area (Å²) in [7, 11) is 5.46. The fourth-order valence-electron chi connectivity index (χ4n) is 3.38. The summed E-state index contributed by atoms with van der Waals surface area (Å²) < 4.78 is 26.1. The number of carbonyl (C=O) groups excluding carboxylic acids is 1. The molecule has 2 N–H and O–H groups in total. The van der Waals surface area contributed by atoms with Gasteiger partial charge in [-0.3, -0.25) is 9.89 Å². The van der Waals surface area contributed by atoms with Crippen LogP contribution in [-0.4, -0.2) is 55.4 Å². The van der Waals surface area contributed by atoms with Crippen LogP contribution in [-0.2, 0) is 4.79 Å². The number of likely N-dealkylation sites (N-methyl/N-ethyl adjacent to an activating group) is 1. The van der Waals surface area contributed by atoms with Gasteiger partial charge in [0.2, 0.25) is 5.91 Å². The van der Waals surface area contributed by atoms with Gasteiger partial charge >= 0.3 is 0 Å². The largest absolute Gasteiger partial charge is 0.497 e. The number of carbonyl (C=O) groups is 1. The third kappa shape index (κ3) is 5.64. The van der Waals surface area contributed by atoms with Gasteiger partial charge in [-0.25, -0.2) is 4.39 Å². The number of aromatic nitrogens is 2. The van der Waals surface area contributed by atoms with Crippen LogP contribution in [0.15, 0.2) is 48.8 Å². The van der Waals surface area contributed by atoms with Crippen molar-refractivity contribution in [2.45, 2.75) is 19.3 Å². The topological polar surface area (TPSA) is 79.5 Å². The zero-order valence-corrected chi connectivity index (χ0v) is 18.8. The summed E-state index contributed by atoms with van der Waals surface area (Å²) in [6.45, 7) is 2.99. The minimum absolute atomic E-state index is 0.242. The van der Waals surface area contributed by atoms with Crippen molar-refractivity contribution in [3.8, 4) is 22.6 Å². The van der Waals surface area contributed by atoms with Crippen molar-refractivity contribution < 1.29 is 18.7 Å². The molecule has 3 rings (SSSR count). The van der Waals surface area contributed by atoms with Gasteiger partial charge in [0.1, 0.15) is 23.9 Å². The number of H-pyrrole nitrogens is 1. The summed E-state index contributed by atoms with van der Waals surface area (Å²) in [5, 5.41) is 9.44.